The molecule has 0 bridgehead atoms. The molecule has 1 aromatic rings. The summed E-state index contributed by atoms with van der Waals surface area (Å²) in [7, 11) is 0. The minimum absolute atomic E-state index is 0.00603. The summed E-state index contributed by atoms with van der Waals surface area (Å²) in [6.07, 6.45) is 1.73. The van der Waals surface area contributed by atoms with Gasteiger partial charge in [0, 0.05) is 6.42 Å². The van der Waals surface area contributed by atoms with Crippen molar-refractivity contribution in [2.75, 3.05) is 6.79 Å². The molecule has 5 nitrogen and oxygen atoms in total. The van der Waals surface area contributed by atoms with E-state index in [1.54, 1.807) is 6.92 Å². The van der Waals surface area contributed by atoms with Gasteiger partial charge in [0.2, 0.25) is 6.79 Å². The third-order valence-electron chi connectivity index (χ3n) is 3.36. The number of carbonyl (C=O) groups is 3. The molecule has 1 aromatic carbocycles. The summed E-state index contributed by atoms with van der Waals surface area (Å²) < 4.78 is 9.66. The van der Waals surface area contributed by atoms with Crippen LogP contribution >= 0.6 is 0 Å². The molecule has 0 N–H and O–H groups in total. The molecule has 0 aliphatic heterocycles. The zero-order valence-corrected chi connectivity index (χ0v) is 13.9. The van der Waals surface area contributed by atoms with E-state index in [0.29, 0.717) is 12.2 Å². The van der Waals surface area contributed by atoms with E-state index in [2.05, 4.69) is 13.8 Å². The van der Waals surface area contributed by atoms with Gasteiger partial charge in [0.25, 0.3) is 0 Å². The third kappa shape index (κ3) is 7.08. The Kier molecular flexibility index (Phi) is 8.02. The van der Waals surface area contributed by atoms with Crippen LogP contribution in [0.4, 0.5) is 0 Å². The van der Waals surface area contributed by atoms with Crippen LogP contribution in [-0.4, -0.2) is 25.0 Å². The minimum Gasteiger partial charge on any atom is -0.428 e. The Bertz CT molecular complexity index is 519. The van der Waals surface area contributed by atoms with Crippen molar-refractivity contribution in [3.05, 3.63) is 35.4 Å². The average molecular weight is 320 g/mol. The second-order valence-corrected chi connectivity index (χ2v) is 5.86. The molecule has 0 aliphatic rings. The Labute approximate surface area is 137 Å². The maximum atomic E-state index is 11.9. The first-order valence-corrected chi connectivity index (χ1v) is 7.78. The van der Waals surface area contributed by atoms with Crippen molar-refractivity contribution in [1.29, 1.82) is 0 Å². The second kappa shape index (κ2) is 9.77. The van der Waals surface area contributed by atoms with E-state index in [9.17, 15) is 14.4 Å². The van der Waals surface area contributed by atoms with Crippen LogP contribution in [0.5, 0.6) is 0 Å². The average Bonchev–Trinajstić information content (AvgIpc) is 2.52. The molecule has 0 aliphatic carbocycles. The molecule has 5 heteroatoms. The van der Waals surface area contributed by atoms with Crippen LogP contribution in [0, 0.1) is 5.92 Å². The smallest absolute Gasteiger partial charge is 0.316 e. The van der Waals surface area contributed by atoms with E-state index >= 15 is 0 Å². The molecule has 0 fully saturated rings. The van der Waals surface area contributed by atoms with Gasteiger partial charge in [0.1, 0.15) is 6.29 Å². The van der Waals surface area contributed by atoms with Gasteiger partial charge in [-0.2, -0.15) is 0 Å². The van der Waals surface area contributed by atoms with Gasteiger partial charge in [-0.1, -0.05) is 38.1 Å². The van der Waals surface area contributed by atoms with E-state index in [1.807, 2.05) is 24.3 Å². The first-order chi connectivity index (χ1) is 10.9. The Morgan fingerprint density at radius 3 is 2.30 bits per heavy atom. The number of ether oxygens (including phenoxy) is 2. The van der Waals surface area contributed by atoms with Gasteiger partial charge in [-0.15, -0.1) is 0 Å². The van der Waals surface area contributed by atoms with Crippen LogP contribution in [0.25, 0.3) is 0 Å². The highest BCUT2D eigenvalue weighted by Crippen LogP contribution is 2.18. The highest BCUT2D eigenvalue weighted by molar-refractivity contribution is 5.78. The maximum Gasteiger partial charge on any atom is 0.316 e. The largest absolute Gasteiger partial charge is 0.428 e. The lowest BCUT2D eigenvalue weighted by Gasteiger charge is -2.13. The monoisotopic (exact) mass is 320 g/mol. The summed E-state index contributed by atoms with van der Waals surface area (Å²) in [5, 5.41) is 0. The standard InChI is InChI=1S/C18H24O5/c1-13(2)11-15-6-8-16(9-7-15)14(3)18(21)23-12-22-17(20)5-4-10-19/h6-10,13-14H,4-5,11-12H2,1-3H3. The van der Waals surface area contributed by atoms with E-state index < -0.39 is 24.6 Å². The molecule has 0 radical (unpaired) electrons. The lowest BCUT2D eigenvalue weighted by Crippen LogP contribution is -2.17. The summed E-state index contributed by atoms with van der Waals surface area (Å²) in [6, 6.07) is 7.86. The van der Waals surface area contributed by atoms with E-state index in [0.717, 1.165) is 12.0 Å². The molecule has 0 heterocycles. The van der Waals surface area contributed by atoms with Gasteiger partial charge in [0.05, 0.1) is 12.3 Å². The van der Waals surface area contributed by atoms with Crippen molar-refractivity contribution < 1.29 is 23.9 Å². The highest BCUT2D eigenvalue weighted by atomic mass is 16.7. The van der Waals surface area contributed by atoms with Gasteiger partial charge in [0.15, 0.2) is 0 Å². The fourth-order valence-electron chi connectivity index (χ4n) is 2.08. The quantitative estimate of drug-likeness (QED) is 0.397. The molecular weight excluding hydrogens is 296 g/mol. The topological polar surface area (TPSA) is 69.7 Å². The van der Waals surface area contributed by atoms with Crippen LogP contribution in [-0.2, 0) is 30.3 Å². The fraction of sp³-hybridized carbons (Fsp3) is 0.500. The van der Waals surface area contributed by atoms with Gasteiger partial charge in [-0.05, 0) is 30.4 Å². The van der Waals surface area contributed by atoms with Gasteiger partial charge in [-0.3, -0.25) is 9.59 Å². The molecule has 1 rings (SSSR count). The van der Waals surface area contributed by atoms with Crippen LogP contribution in [0.3, 0.4) is 0 Å². The molecule has 0 aromatic heterocycles. The van der Waals surface area contributed by atoms with Crippen molar-refractivity contribution in [2.24, 2.45) is 5.92 Å². The van der Waals surface area contributed by atoms with Crippen LogP contribution in [0.1, 0.15) is 50.7 Å². The SMILES string of the molecule is CC(C)Cc1ccc(C(C)C(=O)OCOC(=O)CCC=O)cc1. The molecule has 1 unspecified atom stereocenters. The van der Waals surface area contributed by atoms with Gasteiger partial charge < -0.3 is 14.3 Å². The second-order valence-electron chi connectivity index (χ2n) is 5.86. The van der Waals surface area contributed by atoms with Gasteiger partial charge >= 0.3 is 11.9 Å². The molecule has 23 heavy (non-hydrogen) atoms. The Morgan fingerprint density at radius 2 is 1.74 bits per heavy atom. The van der Waals surface area contributed by atoms with Crippen molar-refractivity contribution in [3.63, 3.8) is 0 Å². The zero-order valence-electron chi connectivity index (χ0n) is 13.9. The van der Waals surface area contributed by atoms with Crippen molar-refractivity contribution in [2.45, 2.75) is 46.0 Å². The summed E-state index contributed by atoms with van der Waals surface area (Å²) in [5.74, 6) is -0.866. The van der Waals surface area contributed by atoms with E-state index in [4.69, 9.17) is 9.47 Å². The number of hydrogen-bond donors (Lipinski definition) is 0. The Balaban J connectivity index is 2.43. The number of aldehydes is 1. The maximum absolute atomic E-state index is 11.9. The molecule has 0 saturated heterocycles. The first kappa shape index (κ1) is 18.9. The molecule has 1 atom stereocenters. The molecular formula is C18H24O5. The lowest BCUT2D eigenvalue weighted by atomic mass is 9.97. The Morgan fingerprint density at radius 1 is 1.09 bits per heavy atom. The van der Waals surface area contributed by atoms with Crippen molar-refractivity contribution in [3.8, 4) is 0 Å². The molecule has 0 spiro atoms. The predicted molar refractivity (Wildman–Crippen MR) is 85.7 cm³/mol. The fourth-order valence-corrected chi connectivity index (χ4v) is 2.08. The molecule has 0 saturated carbocycles. The Hall–Kier alpha value is -2.17. The normalized spacial score (nSPS) is 11.8. The predicted octanol–water partition coefficient (Wildman–Crippen LogP) is 3.01. The number of carbonyl (C=O) groups excluding carboxylic acids is 3. The number of rotatable bonds is 9. The van der Waals surface area contributed by atoms with E-state index in [-0.39, 0.29) is 12.8 Å². The lowest BCUT2D eigenvalue weighted by molar-refractivity contribution is -0.168. The summed E-state index contributed by atoms with van der Waals surface area (Å²) in [4.78, 5) is 33.2. The van der Waals surface area contributed by atoms with Crippen molar-refractivity contribution >= 4 is 18.2 Å². The van der Waals surface area contributed by atoms with Gasteiger partial charge in [-0.25, -0.2) is 0 Å². The molecule has 0 amide bonds. The summed E-state index contributed by atoms with van der Waals surface area (Å²) in [6.45, 7) is 5.63. The zero-order chi connectivity index (χ0) is 17.2. The third-order valence-corrected chi connectivity index (χ3v) is 3.36. The van der Waals surface area contributed by atoms with Crippen molar-refractivity contribution in [1.82, 2.24) is 0 Å². The number of hydrogen-bond acceptors (Lipinski definition) is 5. The highest BCUT2D eigenvalue weighted by Gasteiger charge is 2.17. The first-order valence-electron chi connectivity index (χ1n) is 7.78. The summed E-state index contributed by atoms with van der Waals surface area (Å²) >= 11 is 0. The minimum atomic E-state index is -0.560. The van der Waals surface area contributed by atoms with E-state index in [1.165, 1.54) is 5.56 Å². The van der Waals surface area contributed by atoms with Crippen LogP contribution < -0.4 is 0 Å². The summed E-state index contributed by atoms with van der Waals surface area (Å²) in [5.41, 5.74) is 2.09. The molecule has 126 valence electrons. The number of esters is 2. The van der Waals surface area contributed by atoms with Crippen LogP contribution in [0.2, 0.25) is 0 Å². The van der Waals surface area contributed by atoms with Crippen LogP contribution in [0.15, 0.2) is 24.3 Å². The number of benzene rings is 1.